The first-order valence-corrected chi connectivity index (χ1v) is 9.70. The third-order valence-corrected chi connectivity index (χ3v) is 5.20. The number of pyridine rings is 1. The maximum absolute atomic E-state index is 12.6. The van der Waals surface area contributed by atoms with Gasteiger partial charge < -0.3 is 19.4 Å². The lowest BCUT2D eigenvalue weighted by atomic mass is 10.2. The number of hydrogen-bond acceptors (Lipinski definition) is 4. The molecule has 1 fully saturated rings. The largest absolute Gasteiger partial charge is 0.379 e. The fourth-order valence-corrected chi connectivity index (χ4v) is 3.53. The number of aromatic nitrogens is 1. The van der Waals surface area contributed by atoms with Crippen molar-refractivity contribution in [2.45, 2.75) is 0 Å². The number of amides is 1. The summed E-state index contributed by atoms with van der Waals surface area (Å²) in [6.07, 6.45) is 1.91. The Bertz CT molecular complexity index is 932. The molecule has 1 aliphatic rings. The van der Waals surface area contributed by atoms with Crippen LogP contribution < -0.4 is 10.2 Å². The molecule has 4 rings (SSSR count). The molecule has 1 N–H and O–H groups in total. The summed E-state index contributed by atoms with van der Waals surface area (Å²) in [5.41, 5.74) is 2.82. The van der Waals surface area contributed by atoms with Gasteiger partial charge in [0.05, 0.1) is 18.8 Å². The Morgan fingerprint density at radius 2 is 1.82 bits per heavy atom. The summed E-state index contributed by atoms with van der Waals surface area (Å²) < 4.78 is 7.42. The zero-order valence-electron chi connectivity index (χ0n) is 16.2. The van der Waals surface area contributed by atoms with Gasteiger partial charge in [0.1, 0.15) is 5.82 Å². The quantitative estimate of drug-likeness (QED) is 0.717. The Kier molecular flexibility index (Phi) is 5.60. The Labute approximate surface area is 165 Å². The van der Waals surface area contributed by atoms with Crippen molar-refractivity contribution >= 4 is 22.9 Å². The summed E-state index contributed by atoms with van der Waals surface area (Å²) in [5, 5.41) is 3.04. The molecule has 6 nitrogen and oxygen atoms in total. The van der Waals surface area contributed by atoms with Crippen LogP contribution in [0.5, 0.6) is 0 Å². The van der Waals surface area contributed by atoms with Crippen LogP contribution in [0.4, 0.5) is 11.5 Å². The van der Waals surface area contributed by atoms with Crippen molar-refractivity contribution in [1.29, 1.82) is 0 Å². The number of ether oxygens (including phenoxy) is 1. The second kappa shape index (κ2) is 8.46. The highest BCUT2D eigenvalue weighted by molar-refractivity contribution is 5.94. The van der Waals surface area contributed by atoms with Gasteiger partial charge in [-0.05, 0) is 36.4 Å². The number of benzene rings is 1. The van der Waals surface area contributed by atoms with E-state index in [9.17, 15) is 4.79 Å². The maximum atomic E-state index is 12.6. The molecule has 3 heterocycles. The van der Waals surface area contributed by atoms with Crippen LogP contribution in [0.15, 0.2) is 60.8 Å². The molecule has 1 amide bonds. The van der Waals surface area contributed by atoms with E-state index >= 15 is 0 Å². The molecule has 1 aromatic carbocycles. The molecule has 28 heavy (non-hydrogen) atoms. The Morgan fingerprint density at radius 1 is 1.07 bits per heavy atom. The normalized spacial score (nSPS) is 14.9. The molecule has 0 radical (unpaired) electrons. The summed E-state index contributed by atoms with van der Waals surface area (Å²) in [7, 11) is 2.03. The van der Waals surface area contributed by atoms with Crippen LogP contribution in [0.1, 0.15) is 10.4 Å². The van der Waals surface area contributed by atoms with Crippen molar-refractivity contribution in [2.75, 3.05) is 51.3 Å². The summed E-state index contributed by atoms with van der Waals surface area (Å²) in [6, 6.07) is 18.2. The number of para-hydroxylation sites is 1. The first kappa shape index (κ1) is 18.5. The molecular weight excluding hydrogens is 352 g/mol. The van der Waals surface area contributed by atoms with Crippen LogP contribution in [-0.2, 0) is 4.74 Å². The van der Waals surface area contributed by atoms with Gasteiger partial charge in [0.2, 0.25) is 0 Å². The average molecular weight is 378 g/mol. The third kappa shape index (κ3) is 4.03. The zero-order valence-corrected chi connectivity index (χ0v) is 16.2. The first-order valence-electron chi connectivity index (χ1n) is 9.70. The Balaban J connectivity index is 1.46. The summed E-state index contributed by atoms with van der Waals surface area (Å²) in [5.74, 6) is 0.973. The standard InChI is InChI=1S/C22H26N4O2/c1-24(19-5-3-2-4-6-19)21-10-9-20-8-7-18(17-26(20)21)22(27)23-11-12-25-13-15-28-16-14-25/h2-10,17H,11-16H2,1H3,(H,23,27). The number of fused-ring (bicyclic) bond motifs is 1. The van der Waals surface area contributed by atoms with Crippen molar-refractivity contribution in [3.8, 4) is 0 Å². The van der Waals surface area contributed by atoms with Gasteiger partial charge >= 0.3 is 0 Å². The smallest absolute Gasteiger partial charge is 0.252 e. The average Bonchev–Trinajstić information content (AvgIpc) is 3.18. The predicted molar refractivity (Wildman–Crippen MR) is 111 cm³/mol. The topological polar surface area (TPSA) is 49.2 Å². The predicted octanol–water partition coefficient (Wildman–Crippen LogP) is 2.77. The SMILES string of the molecule is CN(c1ccccc1)c1ccc2ccc(C(=O)NCCN3CCOCC3)cn12. The molecule has 0 unspecified atom stereocenters. The van der Waals surface area contributed by atoms with Crippen LogP contribution in [0, 0.1) is 0 Å². The summed E-state index contributed by atoms with van der Waals surface area (Å²) >= 11 is 0. The minimum atomic E-state index is -0.0443. The van der Waals surface area contributed by atoms with Gasteiger partial charge in [0.15, 0.2) is 0 Å². The highest BCUT2D eigenvalue weighted by Gasteiger charge is 2.13. The zero-order chi connectivity index (χ0) is 19.3. The molecule has 0 aliphatic carbocycles. The Morgan fingerprint density at radius 3 is 2.61 bits per heavy atom. The maximum Gasteiger partial charge on any atom is 0.252 e. The number of morpholine rings is 1. The molecule has 146 valence electrons. The number of carbonyl (C=O) groups excluding carboxylic acids is 1. The lowest BCUT2D eigenvalue weighted by Gasteiger charge is -2.26. The second-order valence-electron chi connectivity index (χ2n) is 7.01. The van der Waals surface area contributed by atoms with Gasteiger partial charge in [-0.1, -0.05) is 18.2 Å². The van der Waals surface area contributed by atoms with Crippen LogP contribution in [-0.4, -0.2) is 61.6 Å². The molecule has 3 aromatic rings. The molecule has 2 aromatic heterocycles. The van der Waals surface area contributed by atoms with Gasteiger partial charge in [-0.15, -0.1) is 0 Å². The number of nitrogens with one attached hydrogen (secondary N) is 1. The lowest BCUT2D eigenvalue weighted by Crippen LogP contribution is -2.41. The minimum Gasteiger partial charge on any atom is -0.379 e. The van der Waals surface area contributed by atoms with E-state index in [4.69, 9.17) is 4.74 Å². The first-order chi connectivity index (χ1) is 13.7. The van der Waals surface area contributed by atoms with Crippen molar-refractivity contribution in [3.05, 3.63) is 66.4 Å². The van der Waals surface area contributed by atoms with Crippen LogP contribution in [0.2, 0.25) is 0 Å². The van der Waals surface area contributed by atoms with Gasteiger partial charge in [-0.2, -0.15) is 0 Å². The molecule has 0 bridgehead atoms. The van der Waals surface area contributed by atoms with Crippen LogP contribution in [0.3, 0.4) is 0 Å². The van der Waals surface area contributed by atoms with E-state index in [0.29, 0.717) is 12.1 Å². The van der Waals surface area contributed by atoms with E-state index in [2.05, 4.69) is 43.8 Å². The highest BCUT2D eigenvalue weighted by atomic mass is 16.5. The lowest BCUT2D eigenvalue weighted by molar-refractivity contribution is 0.0383. The van der Waals surface area contributed by atoms with Crippen LogP contribution >= 0.6 is 0 Å². The molecule has 1 saturated heterocycles. The van der Waals surface area contributed by atoms with Crippen molar-refractivity contribution in [2.24, 2.45) is 0 Å². The second-order valence-corrected chi connectivity index (χ2v) is 7.01. The fraction of sp³-hybridized carbons (Fsp3) is 0.318. The number of rotatable bonds is 6. The van der Waals surface area contributed by atoms with E-state index in [1.54, 1.807) is 0 Å². The van der Waals surface area contributed by atoms with Gasteiger partial charge in [0.25, 0.3) is 5.91 Å². The number of carbonyl (C=O) groups is 1. The molecule has 1 aliphatic heterocycles. The molecule has 0 atom stereocenters. The van der Waals surface area contributed by atoms with E-state index in [1.807, 2.05) is 43.6 Å². The third-order valence-electron chi connectivity index (χ3n) is 5.20. The molecule has 6 heteroatoms. The van der Waals surface area contributed by atoms with Crippen molar-refractivity contribution in [1.82, 2.24) is 14.6 Å². The summed E-state index contributed by atoms with van der Waals surface area (Å²) in [4.78, 5) is 17.1. The Hall–Kier alpha value is -2.83. The van der Waals surface area contributed by atoms with Crippen molar-refractivity contribution in [3.63, 3.8) is 0 Å². The van der Waals surface area contributed by atoms with Gasteiger partial charge in [0, 0.05) is 50.6 Å². The van der Waals surface area contributed by atoms with Crippen molar-refractivity contribution < 1.29 is 9.53 Å². The monoisotopic (exact) mass is 378 g/mol. The highest BCUT2D eigenvalue weighted by Crippen LogP contribution is 2.26. The summed E-state index contributed by atoms with van der Waals surface area (Å²) in [6.45, 7) is 4.90. The molecule has 0 spiro atoms. The number of hydrogen-bond donors (Lipinski definition) is 1. The number of nitrogens with zero attached hydrogens (tertiary/aromatic N) is 3. The van der Waals surface area contributed by atoms with E-state index in [-0.39, 0.29) is 5.91 Å². The molecule has 0 saturated carbocycles. The molecular formula is C22H26N4O2. The van der Waals surface area contributed by atoms with E-state index < -0.39 is 0 Å². The fourth-order valence-electron chi connectivity index (χ4n) is 3.53. The van der Waals surface area contributed by atoms with E-state index in [1.165, 1.54) is 0 Å². The van der Waals surface area contributed by atoms with Crippen LogP contribution in [0.25, 0.3) is 5.52 Å². The number of anilines is 2. The van der Waals surface area contributed by atoms with Gasteiger partial charge in [-0.3, -0.25) is 9.69 Å². The minimum absolute atomic E-state index is 0.0443. The van der Waals surface area contributed by atoms with E-state index in [0.717, 1.165) is 49.9 Å². The van der Waals surface area contributed by atoms with Gasteiger partial charge in [-0.25, -0.2) is 0 Å².